The van der Waals surface area contributed by atoms with Crippen LogP contribution in [0.1, 0.15) is 11.1 Å². The molecule has 4 nitrogen and oxygen atoms in total. The van der Waals surface area contributed by atoms with Crippen LogP contribution in [0.4, 0.5) is 13.2 Å². The van der Waals surface area contributed by atoms with E-state index in [1.807, 2.05) is 4.90 Å². The Labute approximate surface area is 120 Å². The maximum Gasteiger partial charge on any atom is 0.416 e. The average Bonchev–Trinajstić information content (AvgIpc) is 2.46. The number of amides is 1. The lowest BCUT2D eigenvalue weighted by atomic mass is 10.1. The van der Waals surface area contributed by atoms with Crippen LogP contribution in [0.2, 0.25) is 0 Å². The third-order valence-corrected chi connectivity index (χ3v) is 3.35. The molecule has 0 saturated carbocycles. The Hall–Kier alpha value is -1.60. The first kappa shape index (κ1) is 15.8. The van der Waals surface area contributed by atoms with E-state index in [0.717, 1.165) is 12.1 Å². The van der Waals surface area contributed by atoms with Crippen molar-refractivity contribution in [2.75, 3.05) is 26.7 Å². The topological polar surface area (TPSA) is 41.6 Å². The van der Waals surface area contributed by atoms with Crippen molar-refractivity contribution in [2.24, 2.45) is 0 Å². The average molecular weight is 302 g/mol. The van der Waals surface area contributed by atoms with Crippen molar-refractivity contribution in [3.63, 3.8) is 0 Å². The van der Waals surface area contributed by atoms with Gasteiger partial charge in [-0.3, -0.25) is 9.69 Å². The Bertz CT molecular complexity index is 505. The van der Waals surface area contributed by atoms with Gasteiger partial charge in [0.05, 0.1) is 12.2 Å². The van der Waals surface area contributed by atoms with Gasteiger partial charge in [0, 0.05) is 26.7 Å². The number of alkyl halides is 3. The van der Waals surface area contributed by atoms with Crippen molar-refractivity contribution in [1.29, 1.82) is 0 Å². The zero-order chi connectivity index (χ0) is 15.5. The second-order valence-corrected chi connectivity index (χ2v) is 4.91. The monoisotopic (exact) mass is 302 g/mol. The molecule has 1 aliphatic rings. The number of carbonyl (C=O) groups is 1. The van der Waals surface area contributed by atoms with Gasteiger partial charge in [0.25, 0.3) is 0 Å². The van der Waals surface area contributed by atoms with E-state index in [1.165, 1.54) is 13.1 Å². The van der Waals surface area contributed by atoms with Gasteiger partial charge in [-0.1, -0.05) is 18.2 Å². The number of nitrogens with one attached hydrogen (secondary N) is 1. The van der Waals surface area contributed by atoms with Crippen molar-refractivity contribution >= 4 is 5.91 Å². The standard InChI is InChI=1S/C14H17F3N2O2/c1-18-13(20)12-9-19(5-6-21-12)8-10-3-2-4-11(7-10)14(15,16)17/h2-4,7,12H,5-6,8-9H2,1H3,(H,18,20). The molecule has 1 heterocycles. The highest BCUT2D eigenvalue weighted by Gasteiger charge is 2.31. The molecule has 0 aliphatic carbocycles. The smallest absolute Gasteiger partial charge is 0.366 e. The fourth-order valence-corrected chi connectivity index (χ4v) is 2.27. The van der Waals surface area contributed by atoms with E-state index in [0.29, 0.717) is 31.8 Å². The van der Waals surface area contributed by atoms with Crippen LogP contribution in [0.25, 0.3) is 0 Å². The van der Waals surface area contributed by atoms with E-state index in [2.05, 4.69) is 5.32 Å². The quantitative estimate of drug-likeness (QED) is 0.923. The number of ether oxygens (including phenoxy) is 1. The summed E-state index contributed by atoms with van der Waals surface area (Å²) in [6, 6.07) is 5.24. The highest BCUT2D eigenvalue weighted by atomic mass is 19.4. The lowest BCUT2D eigenvalue weighted by molar-refractivity contribution is -0.138. The summed E-state index contributed by atoms with van der Waals surface area (Å²) >= 11 is 0. The van der Waals surface area contributed by atoms with Crippen LogP contribution in [0, 0.1) is 0 Å². The molecular formula is C14H17F3N2O2. The van der Waals surface area contributed by atoms with Gasteiger partial charge in [-0.05, 0) is 11.6 Å². The van der Waals surface area contributed by atoms with Gasteiger partial charge in [-0.2, -0.15) is 13.2 Å². The molecule has 1 aromatic carbocycles. The number of rotatable bonds is 3. The van der Waals surface area contributed by atoms with Gasteiger partial charge in [0.15, 0.2) is 0 Å². The molecule has 0 spiro atoms. The number of halogens is 3. The minimum atomic E-state index is -4.34. The lowest BCUT2D eigenvalue weighted by Crippen LogP contribution is -2.48. The maximum atomic E-state index is 12.7. The van der Waals surface area contributed by atoms with Gasteiger partial charge in [-0.15, -0.1) is 0 Å². The predicted molar refractivity (Wildman–Crippen MR) is 70.5 cm³/mol. The predicted octanol–water partition coefficient (Wildman–Crippen LogP) is 1.65. The van der Waals surface area contributed by atoms with E-state index in [4.69, 9.17) is 4.74 Å². The zero-order valence-corrected chi connectivity index (χ0v) is 11.6. The van der Waals surface area contributed by atoms with Crippen molar-refractivity contribution in [2.45, 2.75) is 18.8 Å². The van der Waals surface area contributed by atoms with Crippen molar-refractivity contribution in [1.82, 2.24) is 10.2 Å². The minimum absolute atomic E-state index is 0.219. The van der Waals surface area contributed by atoms with Crippen LogP contribution in [0.15, 0.2) is 24.3 Å². The first-order valence-corrected chi connectivity index (χ1v) is 6.62. The van der Waals surface area contributed by atoms with Gasteiger partial charge >= 0.3 is 6.18 Å². The van der Waals surface area contributed by atoms with E-state index in [9.17, 15) is 18.0 Å². The number of hydrogen-bond donors (Lipinski definition) is 1. The summed E-state index contributed by atoms with van der Waals surface area (Å²) in [7, 11) is 1.53. The molecule has 116 valence electrons. The third-order valence-electron chi connectivity index (χ3n) is 3.35. The third kappa shape index (κ3) is 4.18. The summed E-state index contributed by atoms with van der Waals surface area (Å²) in [5, 5.41) is 2.51. The molecule has 1 saturated heterocycles. The molecule has 0 aromatic heterocycles. The van der Waals surface area contributed by atoms with Gasteiger partial charge < -0.3 is 10.1 Å². The number of hydrogen-bond acceptors (Lipinski definition) is 3. The second kappa shape index (κ2) is 6.44. The highest BCUT2D eigenvalue weighted by molar-refractivity contribution is 5.80. The molecule has 0 bridgehead atoms. The van der Waals surface area contributed by atoms with E-state index in [-0.39, 0.29) is 5.91 Å². The molecular weight excluding hydrogens is 285 g/mol. The molecule has 7 heteroatoms. The molecule has 1 aliphatic heterocycles. The molecule has 1 fully saturated rings. The summed E-state index contributed by atoms with van der Waals surface area (Å²) in [6.07, 6.45) is -4.92. The Balaban J connectivity index is 2.03. The van der Waals surface area contributed by atoms with Crippen LogP contribution in [0.5, 0.6) is 0 Å². The van der Waals surface area contributed by atoms with Gasteiger partial charge in [-0.25, -0.2) is 0 Å². The minimum Gasteiger partial charge on any atom is -0.366 e. The van der Waals surface area contributed by atoms with E-state index < -0.39 is 17.8 Å². The molecule has 1 aromatic rings. The molecule has 1 unspecified atom stereocenters. The van der Waals surface area contributed by atoms with Gasteiger partial charge in [0.1, 0.15) is 6.10 Å². The Kier molecular flexibility index (Phi) is 4.84. The number of nitrogens with zero attached hydrogens (tertiary/aromatic N) is 1. The van der Waals surface area contributed by atoms with Crippen LogP contribution in [-0.2, 0) is 22.3 Å². The van der Waals surface area contributed by atoms with Crippen LogP contribution >= 0.6 is 0 Å². The van der Waals surface area contributed by atoms with Crippen LogP contribution in [-0.4, -0.2) is 43.7 Å². The molecule has 0 radical (unpaired) electrons. The number of likely N-dealkylation sites (N-methyl/N-ethyl adjacent to an activating group) is 1. The second-order valence-electron chi connectivity index (χ2n) is 4.91. The summed E-state index contributed by atoms with van der Waals surface area (Å²) in [6.45, 7) is 1.71. The molecule has 1 amide bonds. The summed E-state index contributed by atoms with van der Waals surface area (Å²) in [5.74, 6) is -0.219. The Morgan fingerprint density at radius 1 is 1.48 bits per heavy atom. The molecule has 21 heavy (non-hydrogen) atoms. The normalized spacial score (nSPS) is 20.3. The lowest BCUT2D eigenvalue weighted by Gasteiger charge is -2.32. The Morgan fingerprint density at radius 3 is 2.90 bits per heavy atom. The number of morpholine rings is 1. The first-order valence-electron chi connectivity index (χ1n) is 6.62. The largest absolute Gasteiger partial charge is 0.416 e. The van der Waals surface area contributed by atoms with Crippen LogP contribution in [0.3, 0.4) is 0 Å². The molecule has 1 N–H and O–H groups in total. The highest BCUT2D eigenvalue weighted by Crippen LogP contribution is 2.29. The Morgan fingerprint density at radius 2 is 2.24 bits per heavy atom. The maximum absolute atomic E-state index is 12.7. The first-order chi connectivity index (χ1) is 9.90. The van der Waals surface area contributed by atoms with Crippen molar-refractivity contribution in [3.05, 3.63) is 35.4 Å². The summed E-state index contributed by atoms with van der Waals surface area (Å²) in [5.41, 5.74) is -0.0847. The number of benzene rings is 1. The summed E-state index contributed by atoms with van der Waals surface area (Å²) < 4.78 is 43.4. The van der Waals surface area contributed by atoms with E-state index >= 15 is 0 Å². The van der Waals surface area contributed by atoms with Crippen molar-refractivity contribution < 1.29 is 22.7 Å². The summed E-state index contributed by atoms with van der Waals surface area (Å²) in [4.78, 5) is 13.5. The zero-order valence-electron chi connectivity index (χ0n) is 11.6. The van der Waals surface area contributed by atoms with Gasteiger partial charge in [0.2, 0.25) is 5.91 Å². The van der Waals surface area contributed by atoms with E-state index in [1.54, 1.807) is 6.07 Å². The fourth-order valence-electron chi connectivity index (χ4n) is 2.27. The molecule has 2 rings (SSSR count). The fraction of sp³-hybridized carbons (Fsp3) is 0.500. The number of carbonyl (C=O) groups excluding carboxylic acids is 1. The van der Waals surface area contributed by atoms with Crippen LogP contribution < -0.4 is 5.32 Å². The SMILES string of the molecule is CNC(=O)C1CN(Cc2cccc(C(F)(F)F)c2)CCO1. The van der Waals surface area contributed by atoms with Crippen molar-refractivity contribution in [3.8, 4) is 0 Å². The molecule has 1 atom stereocenters.